The van der Waals surface area contributed by atoms with Gasteiger partial charge in [-0.3, -0.25) is 0 Å². The Kier molecular flexibility index (Phi) is 2.26. The molecule has 3 heteroatoms. The van der Waals surface area contributed by atoms with Crippen molar-refractivity contribution < 1.29 is 0 Å². The van der Waals surface area contributed by atoms with Crippen LogP contribution in [0.15, 0.2) is 6.20 Å². The first-order chi connectivity index (χ1) is 8.28. The summed E-state index contributed by atoms with van der Waals surface area (Å²) in [6, 6.07) is 0.730. The van der Waals surface area contributed by atoms with Crippen LogP contribution in [0.2, 0.25) is 0 Å². The fourth-order valence-corrected chi connectivity index (χ4v) is 5.44. The molecular formula is C14H20N2S. The fourth-order valence-electron chi connectivity index (χ4n) is 4.72. The normalized spacial score (nSPS) is 43.0. The van der Waals surface area contributed by atoms with Crippen LogP contribution >= 0.6 is 11.3 Å². The van der Waals surface area contributed by atoms with E-state index in [4.69, 9.17) is 0 Å². The zero-order chi connectivity index (χ0) is 11.4. The van der Waals surface area contributed by atoms with Crippen molar-refractivity contribution in [3.05, 3.63) is 11.1 Å². The molecule has 2 nitrogen and oxygen atoms in total. The summed E-state index contributed by atoms with van der Waals surface area (Å²) in [6.07, 6.45) is 9.45. The second-order valence-corrected chi connectivity index (χ2v) is 7.61. The number of nitrogens with zero attached hydrogens (tertiary/aromatic N) is 1. The van der Waals surface area contributed by atoms with E-state index in [2.05, 4.69) is 17.2 Å². The predicted octanol–water partition coefficient (Wildman–Crippen LogP) is 3.69. The van der Waals surface area contributed by atoms with Gasteiger partial charge < -0.3 is 5.32 Å². The Labute approximate surface area is 107 Å². The van der Waals surface area contributed by atoms with Crippen molar-refractivity contribution in [2.75, 3.05) is 5.32 Å². The number of rotatable bonds is 2. The lowest BCUT2D eigenvalue weighted by Gasteiger charge is -2.54. The number of hydrogen-bond acceptors (Lipinski definition) is 3. The van der Waals surface area contributed by atoms with Crippen molar-refractivity contribution in [3.63, 3.8) is 0 Å². The van der Waals surface area contributed by atoms with Crippen molar-refractivity contribution in [3.8, 4) is 0 Å². The molecule has 0 aromatic carbocycles. The first-order valence-corrected chi connectivity index (χ1v) is 7.78. The lowest BCUT2D eigenvalue weighted by atomic mass is 9.54. The molecule has 4 aliphatic carbocycles. The van der Waals surface area contributed by atoms with Crippen LogP contribution in [0.4, 0.5) is 5.13 Å². The van der Waals surface area contributed by atoms with Gasteiger partial charge in [0.15, 0.2) is 5.13 Å². The highest BCUT2D eigenvalue weighted by atomic mass is 32.1. The highest BCUT2D eigenvalue weighted by Crippen LogP contribution is 2.54. The first kappa shape index (κ1) is 10.4. The van der Waals surface area contributed by atoms with Gasteiger partial charge in [0.1, 0.15) is 0 Å². The van der Waals surface area contributed by atoms with Gasteiger partial charge in [-0.25, -0.2) is 4.98 Å². The SMILES string of the molecule is Cc1cnc(NC2C3CC4CC(C3)CC2C4)s1. The quantitative estimate of drug-likeness (QED) is 0.863. The van der Waals surface area contributed by atoms with E-state index in [1.165, 1.54) is 37.0 Å². The summed E-state index contributed by atoms with van der Waals surface area (Å²) in [7, 11) is 0. The number of thiazole rings is 1. The van der Waals surface area contributed by atoms with E-state index in [0.29, 0.717) is 0 Å². The Morgan fingerprint density at radius 2 is 1.76 bits per heavy atom. The highest BCUT2D eigenvalue weighted by molar-refractivity contribution is 7.15. The average molecular weight is 248 g/mol. The number of anilines is 1. The molecule has 1 N–H and O–H groups in total. The van der Waals surface area contributed by atoms with Crippen molar-refractivity contribution in [1.29, 1.82) is 0 Å². The second-order valence-electron chi connectivity index (χ2n) is 6.38. The Morgan fingerprint density at radius 3 is 2.29 bits per heavy atom. The Balaban J connectivity index is 1.54. The van der Waals surface area contributed by atoms with Crippen LogP contribution in [0.5, 0.6) is 0 Å². The van der Waals surface area contributed by atoms with Gasteiger partial charge in [0, 0.05) is 17.1 Å². The summed E-state index contributed by atoms with van der Waals surface area (Å²) in [5, 5.41) is 4.90. The van der Waals surface area contributed by atoms with Gasteiger partial charge in [0.2, 0.25) is 0 Å². The van der Waals surface area contributed by atoms with Gasteiger partial charge in [0.25, 0.3) is 0 Å². The van der Waals surface area contributed by atoms with E-state index < -0.39 is 0 Å². The Morgan fingerprint density at radius 1 is 1.12 bits per heavy atom. The molecular weight excluding hydrogens is 228 g/mol. The molecule has 4 bridgehead atoms. The molecule has 1 aromatic rings. The third-order valence-electron chi connectivity index (χ3n) is 5.14. The Bertz CT molecular complexity index is 398. The zero-order valence-electron chi connectivity index (χ0n) is 10.4. The van der Waals surface area contributed by atoms with Gasteiger partial charge in [-0.15, -0.1) is 11.3 Å². The number of hydrogen-bond donors (Lipinski definition) is 1. The highest BCUT2D eigenvalue weighted by Gasteiger charge is 2.48. The maximum Gasteiger partial charge on any atom is 0.183 e. The largest absolute Gasteiger partial charge is 0.358 e. The molecule has 92 valence electrons. The third kappa shape index (κ3) is 1.70. The van der Waals surface area contributed by atoms with E-state index in [1.54, 1.807) is 0 Å². The van der Waals surface area contributed by atoms with Crippen LogP contribution in [-0.2, 0) is 0 Å². The summed E-state index contributed by atoms with van der Waals surface area (Å²) in [4.78, 5) is 5.79. The van der Waals surface area contributed by atoms with Crippen LogP contribution in [-0.4, -0.2) is 11.0 Å². The molecule has 0 amide bonds. The van der Waals surface area contributed by atoms with Crippen molar-refractivity contribution >= 4 is 16.5 Å². The van der Waals surface area contributed by atoms with Crippen LogP contribution < -0.4 is 5.32 Å². The minimum Gasteiger partial charge on any atom is -0.358 e. The summed E-state index contributed by atoms with van der Waals surface area (Å²) in [6.45, 7) is 2.14. The second kappa shape index (κ2) is 3.71. The number of nitrogens with one attached hydrogen (secondary N) is 1. The van der Waals surface area contributed by atoms with Crippen molar-refractivity contribution in [2.24, 2.45) is 23.7 Å². The van der Waals surface area contributed by atoms with Crippen molar-refractivity contribution in [2.45, 2.75) is 45.1 Å². The monoisotopic (exact) mass is 248 g/mol. The summed E-state index contributed by atoms with van der Waals surface area (Å²) >= 11 is 1.81. The lowest BCUT2D eigenvalue weighted by Crippen LogP contribution is -2.51. The molecule has 0 atom stereocenters. The maximum absolute atomic E-state index is 4.47. The molecule has 0 unspecified atom stereocenters. The van der Waals surface area contributed by atoms with Crippen LogP contribution in [0.3, 0.4) is 0 Å². The minimum absolute atomic E-state index is 0.730. The van der Waals surface area contributed by atoms with Gasteiger partial charge >= 0.3 is 0 Å². The van der Waals surface area contributed by atoms with E-state index in [-0.39, 0.29) is 0 Å². The standard InChI is InChI=1S/C14H20N2S/c1-8-7-15-14(17-8)16-13-11-3-9-2-10(5-11)6-12(13)4-9/h7,9-13H,2-6H2,1H3,(H,15,16). The predicted molar refractivity (Wildman–Crippen MR) is 71.3 cm³/mol. The van der Waals surface area contributed by atoms with E-state index in [1.807, 2.05) is 17.5 Å². The molecule has 17 heavy (non-hydrogen) atoms. The molecule has 1 aromatic heterocycles. The van der Waals surface area contributed by atoms with E-state index >= 15 is 0 Å². The summed E-state index contributed by atoms with van der Waals surface area (Å²) in [5.74, 6) is 4.01. The summed E-state index contributed by atoms with van der Waals surface area (Å²) < 4.78 is 0. The number of aryl methyl sites for hydroxylation is 1. The lowest BCUT2D eigenvalue weighted by molar-refractivity contribution is 0.00753. The van der Waals surface area contributed by atoms with Crippen LogP contribution in [0.1, 0.15) is 37.0 Å². The molecule has 0 aliphatic heterocycles. The van der Waals surface area contributed by atoms with Crippen LogP contribution in [0, 0.1) is 30.6 Å². The minimum atomic E-state index is 0.730. The molecule has 1 heterocycles. The third-order valence-corrected chi connectivity index (χ3v) is 5.98. The summed E-state index contributed by atoms with van der Waals surface area (Å²) in [5.41, 5.74) is 0. The fraction of sp³-hybridized carbons (Fsp3) is 0.786. The van der Waals surface area contributed by atoms with E-state index in [0.717, 1.165) is 34.8 Å². The molecule has 5 rings (SSSR count). The molecule has 4 aliphatic rings. The molecule has 0 saturated heterocycles. The van der Waals surface area contributed by atoms with Gasteiger partial charge in [-0.05, 0) is 62.7 Å². The average Bonchev–Trinajstić information content (AvgIpc) is 2.68. The topological polar surface area (TPSA) is 24.9 Å². The van der Waals surface area contributed by atoms with Gasteiger partial charge in [0.05, 0.1) is 0 Å². The van der Waals surface area contributed by atoms with Crippen molar-refractivity contribution in [1.82, 2.24) is 4.98 Å². The molecule has 0 spiro atoms. The van der Waals surface area contributed by atoms with Crippen LogP contribution in [0.25, 0.3) is 0 Å². The molecule has 4 fully saturated rings. The first-order valence-electron chi connectivity index (χ1n) is 6.97. The molecule has 4 saturated carbocycles. The number of aromatic nitrogens is 1. The Hall–Kier alpha value is -0.570. The zero-order valence-corrected chi connectivity index (χ0v) is 11.2. The smallest absolute Gasteiger partial charge is 0.183 e. The molecule has 0 radical (unpaired) electrons. The van der Waals surface area contributed by atoms with Gasteiger partial charge in [-0.2, -0.15) is 0 Å². The van der Waals surface area contributed by atoms with Gasteiger partial charge in [-0.1, -0.05) is 0 Å². The van der Waals surface area contributed by atoms with E-state index in [9.17, 15) is 0 Å². The maximum atomic E-state index is 4.47.